The van der Waals surface area contributed by atoms with Crippen LogP contribution in [0.5, 0.6) is 0 Å². The second kappa shape index (κ2) is 7.14. The summed E-state index contributed by atoms with van der Waals surface area (Å²) in [5.74, 6) is 0.149. The van der Waals surface area contributed by atoms with Crippen LogP contribution in [0, 0.1) is 6.92 Å². The van der Waals surface area contributed by atoms with Crippen molar-refractivity contribution in [2.24, 2.45) is 10.9 Å². The van der Waals surface area contributed by atoms with Crippen LogP contribution in [-0.2, 0) is 0 Å². The molecule has 5 heteroatoms. The zero-order valence-electron chi connectivity index (χ0n) is 13.1. The van der Waals surface area contributed by atoms with Crippen LogP contribution in [0.3, 0.4) is 0 Å². The first-order valence-corrected chi connectivity index (χ1v) is 6.90. The van der Waals surface area contributed by atoms with E-state index in [1.165, 1.54) is 0 Å². The van der Waals surface area contributed by atoms with Gasteiger partial charge >= 0.3 is 0 Å². The Morgan fingerprint density at radius 2 is 2.05 bits per heavy atom. The van der Waals surface area contributed by atoms with Gasteiger partial charge in [0.25, 0.3) is 0 Å². The molecule has 0 radical (unpaired) electrons. The van der Waals surface area contributed by atoms with Gasteiger partial charge < -0.3 is 20.7 Å². The number of anilines is 1. The Bertz CT molecular complexity index is 471. The van der Waals surface area contributed by atoms with Gasteiger partial charge in [-0.3, -0.25) is 0 Å². The van der Waals surface area contributed by atoms with Gasteiger partial charge in [0.05, 0.1) is 0 Å². The van der Waals surface area contributed by atoms with Crippen molar-refractivity contribution in [1.82, 2.24) is 4.90 Å². The molecule has 5 nitrogen and oxygen atoms in total. The molecule has 0 saturated carbocycles. The van der Waals surface area contributed by atoms with Gasteiger partial charge in [0, 0.05) is 30.4 Å². The largest absolute Gasteiger partial charge is 0.409 e. The van der Waals surface area contributed by atoms with Crippen molar-refractivity contribution in [2.45, 2.75) is 26.8 Å². The highest BCUT2D eigenvalue weighted by Gasteiger charge is 2.18. The minimum Gasteiger partial charge on any atom is -0.409 e. The summed E-state index contributed by atoms with van der Waals surface area (Å²) in [5.41, 5.74) is 8.74. The molecule has 0 amide bonds. The number of hydrogen-bond donors (Lipinski definition) is 2. The predicted octanol–water partition coefficient (Wildman–Crippen LogP) is 1.87. The highest BCUT2D eigenvalue weighted by atomic mass is 16.4. The fourth-order valence-electron chi connectivity index (χ4n) is 2.50. The van der Waals surface area contributed by atoms with Gasteiger partial charge in [-0.15, -0.1) is 0 Å². The normalized spacial score (nSPS) is 13.6. The van der Waals surface area contributed by atoms with Crippen molar-refractivity contribution in [2.75, 3.05) is 32.1 Å². The van der Waals surface area contributed by atoms with Crippen LogP contribution in [0.4, 0.5) is 5.69 Å². The summed E-state index contributed by atoms with van der Waals surface area (Å²) in [6.45, 7) is 8.15. The Hall–Kier alpha value is -1.75. The summed E-state index contributed by atoms with van der Waals surface area (Å²) in [7, 11) is 4.12. The van der Waals surface area contributed by atoms with Gasteiger partial charge in [0.1, 0.15) is 0 Å². The van der Waals surface area contributed by atoms with E-state index in [0.29, 0.717) is 6.04 Å². The summed E-state index contributed by atoms with van der Waals surface area (Å²) >= 11 is 0. The van der Waals surface area contributed by atoms with Crippen LogP contribution in [-0.4, -0.2) is 49.2 Å². The first-order valence-electron chi connectivity index (χ1n) is 6.90. The van der Waals surface area contributed by atoms with E-state index in [0.717, 1.165) is 29.9 Å². The maximum absolute atomic E-state index is 8.96. The Balaban J connectivity index is 3.22. The van der Waals surface area contributed by atoms with Crippen LogP contribution in [0.1, 0.15) is 25.0 Å². The predicted molar refractivity (Wildman–Crippen MR) is 84.7 cm³/mol. The van der Waals surface area contributed by atoms with E-state index in [4.69, 9.17) is 10.9 Å². The highest BCUT2D eigenvalue weighted by Crippen LogP contribution is 2.24. The molecule has 1 rings (SSSR count). The first-order chi connectivity index (χ1) is 9.40. The summed E-state index contributed by atoms with van der Waals surface area (Å²) in [5, 5.41) is 12.1. The maximum Gasteiger partial charge on any atom is 0.172 e. The summed E-state index contributed by atoms with van der Waals surface area (Å²) in [6.07, 6.45) is 0. The van der Waals surface area contributed by atoms with Crippen molar-refractivity contribution in [3.8, 4) is 0 Å². The molecule has 0 spiro atoms. The third kappa shape index (κ3) is 3.87. The number of likely N-dealkylation sites (N-methyl/N-ethyl adjacent to an activating group) is 2. The lowest BCUT2D eigenvalue weighted by Gasteiger charge is -2.33. The summed E-state index contributed by atoms with van der Waals surface area (Å²) < 4.78 is 0. The average molecular weight is 278 g/mol. The third-order valence-electron chi connectivity index (χ3n) is 3.35. The lowest BCUT2D eigenvalue weighted by atomic mass is 10.1. The molecule has 0 aliphatic carbocycles. The van der Waals surface area contributed by atoms with E-state index >= 15 is 0 Å². The number of hydrogen-bond acceptors (Lipinski definition) is 4. The van der Waals surface area contributed by atoms with Crippen molar-refractivity contribution in [3.63, 3.8) is 0 Å². The van der Waals surface area contributed by atoms with Gasteiger partial charge in [-0.25, -0.2) is 0 Å². The quantitative estimate of drug-likeness (QED) is 0.361. The molecule has 0 fully saturated rings. The Morgan fingerprint density at radius 1 is 1.40 bits per heavy atom. The van der Waals surface area contributed by atoms with Crippen molar-refractivity contribution >= 4 is 11.5 Å². The van der Waals surface area contributed by atoms with Gasteiger partial charge in [-0.1, -0.05) is 11.2 Å². The summed E-state index contributed by atoms with van der Waals surface area (Å²) in [4.78, 5) is 4.44. The maximum atomic E-state index is 8.96. The monoisotopic (exact) mass is 278 g/mol. The molecule has 3 N–H and O–H groups in total. The van der Waals surface area contributed by atoms with E-state index in [1.54, 1.807) is 0 Å². The SMILES string of the molecule is CCN(c1cc(C)ccc1/C(N)=N/O)C(C)CN(C)C. The number of oxime groups is 1. The molecule has 0 aromatic heterocycles. The van der Waals surface area contributed by atoms with Gasteiger partial charge in [0.15, 0.2) is 5.84 Å². The smallest absolute Gasteiger partial charge is 0.172 e. The van der Waals surface area contributed by atoms with Crippen molar-refractivity contribution in [1.29, 1.82) is 0 Å². The highest BCUT2D eigenvalue weighted by molar-refractivity contribution is 6.02. The fraction of sp³-hybridized carbons (Fsp3) is 0.533. The average Bonchev–Trinajstić information content (AvgIpc) is 2.38. The van der Waals surface area contributed by atoms with Crippen LogP contribution in [0.2, 0.25) is 0 Å². The second-order valence-corrected chi connectivity index (χ2v) is 5.40. The number of rotatable bonds is 6. The minimum atomic E-state index is 0.149. The molecule has 1 unspecified atom stereocenters. The van der Waals surface area contributed by atoms with Gasteiger partial charge in [-0.2, -0.15) is 0 Å². The third-order valence-corrected chi connectivity index (χ3v) is 3.35. The zero-order chi connectivity index (χ0) is 15.3. The molecule has 0 aliphatic rings. The minimum absolute atomic E-state index is 0.149. The van der Waals surface area contributed by atoms with E-state index < -0.39 is 0 Å². The standard InChI is InChI=1S/C15H26N4O/c1-6-19(12(3)10-18(4)5)14-9-11(2)7-8-13(14)15(16)17-20/h7-9,12,20H,6,10H2,1-5H3,(H2,16,17). The number of nitrogens with two attached hydrogens (primary N) is 1. The van der Waals surface area contributed by atoms with E-state index in [1.807, 2.05) is 19.1 Å². The van der Waals surface area contributed by atoms with Gasteiger partial charge in [0.2, 0.25) is 0 Å². The fourth-order valence-corrected chi connectivity index (χ4v) is 2.50. The molecule has 112 valence electrons. The Labute approximate surface area is 121 Å². The molecule has 0 heterocycles. The molecule has 1 atom stereocenters. The molecule has 1 aromatic carbocycles. The van der Waals surface area contributed by atoms with Crippen LogP contribution in [0.15, 0.2) is 23.4 Å². The topological polar surface area (TPSA) is 65.1 Å². The molecular weight excluding hydrogens is 252 g/mol. The van der Waals surface area contributed by atoms with Crippen molar-refractivity contribution in [3.05, 3.63) is 29.3 Å². The van der Waals surface area contributed by atoms with E-state index in [9.17, 15) is 0 Å². The second-order valence-electron chi connectivity index (χ2n) is 5.40. The van der Waals surface area contributed by atoms with Crippen LogP contribution < -0.4 is 10.6 Å². The molecule has 1 aromatic rings. The Kier molecular flexibility index (Phi) is 5.82. The number of benzene rings is 1. The van der Waals surface area contributed by atoms with E-state index in [2.05, 4.69) is 49.0 Å². The van der Waals surface area contributed by atoms with Crippen LogP contribution in [0.25, 0.3) is 0 Å². The first kappa shape index (κ1) is 16.3. The summed E-state index contributed by atoms with van der Waals surface area (Å²) in [6, 6.07) is 6.30. The molecule has 0 aliphatic heterocycles. The molecule has 0 bridgehead atoms. The molecule has 0 saturated heterocycles. The van der Waals surface area contributed by atoms with Crippen molar-refractivity contribution < 1.29 is 5.21 Å². The number of aryl methyl sites for hydroxylation is 1. The van der Waals surface area contributed by atoms with E-state index in [-0.39, 0.29) is 5.84 Å². The molecule has 20 heavy (non-hydrogen) atoms. The lowest BCUT2D eigenvalue weighted by Crippen LogP contribution is -2.41. The van der Waals surface area contributed by atoms with Gasteiger partial charge in [-0.05, 0) is 52.6 Å². The zero-order valence-corrected chi connectivity index (χ0v) is 13.1. The molecular formula is C15H26N4O. The Morgan fingerprint density at radius 3 is 2.55 bits per heavy atom. The number of amidine groups is 1. The lowest BCUT2D eigenvalue weighted by molar-refractivity contribution is 0.318. The number of nitrogens with zero attached hydrogens (tertiary/aromatic N) is 3. The van der Waals surface area contributed by atoms with Crippen LogP contribution >= 0.6 is 0 Å².